The van der Waals surface area contributed by atoms with E-state index in [1.165, 1.54) is 12.1 Å². The summed E-state index contributed by atoms with van der Waals surface area (Å²) in [7, 11) is 1.11. The van der Waals surface area contributed by atoms with Crippen LogP contribution in [0.15, 0.2) is 36.4 Å². The zero-order valence-electron chi connectivity index (χ0n) is 15.9. The van der Waals surface area contributed by atoms with Gasteiger partial charge < -0.3 is 15.0 Å². The van der Waals surface area contributed by atoms with Crippen LogP contribution in [0.4, 0.5) is 30.7 Å². The number of alkyl halides is 6. The Morgan fingerprint density at radius 3 is 2.34 bits per heavy atom. The molecule has 13 heteroatoms. The molecule has 1 aromatic carbocycles. The van der Waals surface area contributed by atoms with E-state index < -0.39 is 52.9 Å². The molecule has 0 fully saturated rings. The number of aromatic amines is 1. The maximum atomic E-state index is 13.5. The molecule has 1 atom stereocenters. The van der Waals surface area contributed by atoms with Crippen molar-refractivity contribution < 1.29 is 45.1 Å². The third-order valence-electron chi connectivity index (χ3n) is 4.35. The molecule has 1 unspecified atom stereocenters. The number of nitrogens with one attached hydrogen (secondary N) is 2. The summed E-state index contributed by atoms with van der Waals surface area (Å²) in [6, 6.07) is 1.51. The van der Waals surface area contributed by atoms with Gasteiger partial charge in [-0.05, 0) is 35.9 Å². The fourth-order valence-electron chi connectivity index (χ4n) is 2.85. The highest BCUT2D eigenvalue weighted by molar-refractivity contribution is 5.98. The van der Waals surface area contributed by atoms with Crippen LogP contribution in [0.1, 0.15) is 38.1 Å². The third kappa shape index (κ3) is 4.65. The zero-order valence-corrected chi connectivity index (χ0v) is 15.9. The Hall–Kier alpha value is -3.64. The first-order chi connectivity index (χ1) is 14.8. The molecule has 32 heavy (non-hydrogen) atoms. The molecule has 0 saturated heterocycles. The van der Waals surface area contributed by atoms with Crippen molar-refractivity contribution in [3.05, 3.63) is 64.7 Å². The normalized spacial score (nSPS) is 13.1. The summed E-state index contributed by atoms with van der Waals surface area (Å²) >= 11 is 0. The van der Waals surface area contributed by atoms with Crippen LogP contribution in [0.2, 0.25) is 0 Å². The third-order valence-corrected chi connectivity index (χ3v) is 4.35. The first-order valence-electron chi connectivity index (χ1n) is 8.63. The number of carbonyl (C=O) groups excluding carboxylic acids is 2. The Morgan fingerprint density at radius 1 is 1.06 bits per heavy atom. The van der Waals surface area contributed by atoms with Gasteiger partial charge in [-0.15, -0.1) is 0 Å². The molecule has 3 aromatic rings. The lowest BCUT2D eigenvalue weighted by Gasteiger charge is -2.23. The summed E-state index contributed by atoms with van der Waals surface area (Å²) in [5.74, 6) is -3.85. The van der Waals surface area contributed by atoms with E-state index in [1.54, 1.807) is 5.32 Å². The fraction of sp³-hybridized carbons (Fsp3) is 0.211. The summed E-state index contributed by atoms with van der Waals surface area (Å²) in [5, 5.41) is 1.59. The molecule has 3 rings (SSSR count). The van der Waals surface area contributed by atoms with Crippen LogP contribution >= 0.6 is 0 Å². The number of H-pyrrole nitrogens is 1. The molecule has 2 aromatic heterocycles. The lowest BCUT2D eigenvalue weighted by molar-refractivity contribution is -0.156. The van der Waals surface area contributed by atoms with Gasteiger partial charge in [0.2, 0.25) is 0 Å². The van der Waals surface area contributed by atoms with Gasteiger partial charge in [-0.25, -0.2) is 14.2 Å². The summed E-state index contributed by atoms with van der Waals surface area (Å²) < 4.78 is 97.2. The van der Waals surface area contributed by atoms with Gasteiger partial charge in [-0.2, -0.15) is 26.3 Å². The van der Waals surface area contributed by atoms with Crippen molar-refractivity contribution >= 4 is 22.9 Å². The molecular formula is C19H12F7N3O3. The highest BCUT2D eigenvalue weighted by Crippen LogP contribution is 2.37. The van der Waals surface area contributed by atoms with E-state index in [2.05, 4.69) is 14.7 Å². The summed E-state index contributed by atoms with van der Waals surface area (Å²) in [6.45, 7) is 0. The molecule has 0 aliphatic rings. The highest BCUT2D eigenvalue weighted by atomic mass is 19.4. The number of amides is 1. The van der Waals surface area contributed by atoms with Crippen molar-refractivity contribution in [3.8, 4) is 0 Å². The maximum absolute atomic E-state index is 13.5. The monoisotopic (exact) mass is 463 g/mol. The average Bonchev–Trinajstić information content (AvgIpc) is 3.13. The number of esters is 1. The molecule has 1 amide bonds. The number of nitrogens with zero attached hydrogens (tertiary/aromatic N) is 1. The van der Waals surface area contributed by atoms with Gasteiger partial charge in [0.15, 0.2) is 6.04 Å². The predicted molar refractivity (Wildman–Crippen MR) is 95.1 cm³/mol. The predicted octanol–water partition coefficient (Wildman–Crippen LogP) is 4.54. The standard InChI is InChI=1S/C19H12F7N3O3/c1-32-17(31)12-5-4-11-13(28-12)7-14(27-11)16(30)29-15(19(24,25)26)8-2-3-10(20)9(6-8)18(21,22)23/h2-7,15,27H,1H3,(H,29,30). The Labute approximate surface area is 174 Å². The lowest BCUT2D eigenvalue weighted by Crippen LogP contribution is -2.38. The Morgan fingerprint density at radius 2 is 1.75 bits per heavy atom. The van der Waals surface area contributed by atoms with E-state index in [-0.39, 0.29) is 28.9 Å². The Balaban J connectivity index is 1.95. The fourth-order valence-corrected chi connectivity index (χ4v) is 2.85. The van der Waals surface area contributed by atoms with Gasteiger partial charge in [0.1, 0.15) is 17.2 Å². The van der Waals surface area contributed by atoms with Crippen LogP contribution in [0.25, 0.3) is 11.0 Å². The van der Waals surface area contributed by atoms with E-state index in [4.69, 9.17) is 0 Å². The second kappa shape index (κ2) is 8.13. The van der Waals surface area contributed by atoms with Crippen LogP contribution in [0.5, 0.6) is 0 Å². The molecular weight excluding hydrogens is 451 g/mol. The summed E-state index contributed by atoms with van der Waals surface area (Å²) in [5.41, 5.74) is -3.17. The van der Waals surface area contributed by atoms with Crippen LogP contribution in [0.3, 0.4) is 0 Å². The van der Waals surface area contributed by atoms with Gasteiger partial charge in [0, 0.05) is 0 Å². The molecule has 0 aliphatic carbocycles. The number of aromatic nitrogens is 2. The minimum atomic E-state index is -5.24. The van der Waals surface area contributed by atoms with E-state index in [0.717, 1.165) is 13.2 Å². The second-order valence-electron chi connectivity index (χ2n) is 6.49. The molecule has 0 bridgehead atoms. The molecule has 2 N–H and O–H groups in total. The number of pyridine rings is 1. The molecule has 0 radical (unpaired) electrons. The van der Waals surface area contributed by atoms with Gasteiger partial charge in [0.05, 0.1) is 23.7 Å². The smallest absolute Gasteiger partial charge is 0.419 e. The second-order valence-corrected chi connectivity index (χ2v) is 6.49. The minimum absolute atomic E-state index is 0.0107. The van der Waals surface area contributed by atoms with Crippen molar-refractivity contribution in [1.29, 1.82) is 0 Å². The summed E-state index contributed by atoms with van der Waals surface area (Å²) in [4.78, 5) is 30.3. The van der Waals surface area contributed by atoms with E-state index in [1.807, 2.05) is 0 Å². The van der Waals surface area contributed by atoms with E-state index in [0.29, 0.717) is 6.07 Å². The molecule has 6 nitrogen and oxygen atoms in total. The van der Waals surface area contributed by atoms with Gasteiger partial charge in [0.25, 0.3) is 5.91 Å². The number of rotatable bonds is 4. The van der Waals surface area contributed by atoms with Crippen LogP contribution in [-0.2, 0) is 10.9 Å². The van der Waals surface area contributed by atoms with E-state index in [9.17, 15) is 40.3 Å². The maximum Gasteiger partial charge on any atom is 0.419 e. The Kier molecular flexibility index (Phi) is 5.85. The first-order valence-corrected chi connectivity index (χ1v) is 8.63. The molecule has 0 saturated carbocycles. The Bertz CT molecular complexity index is 1190. The minimum Gasteiger partial charge on any atom is -0.464 e. The molecule has 0 aliphatic heterocycles. The number of ether oxygens (including phenoxy) is 1. The van der Waals surface area contributed by atoms with Gasteiger partial charge in [-0.1, -0.05) is 6.07 Å². The van der Waals surface area contributed by atoms with Crippen molar-refractivity contribution in [1.82, 2.24) is 15.3 Å². The number of methoxy groups -OCH3 is 1. The van der Waals surface area contributed by atoms with Crippen molar-refractivity contribution in [3.63, 3.8) is 0 Å². The quantitative estimate of drug-likeness (QED) is 0.440. The number of fused-ring (bicyclic) bond motifs is 1. The van der Waals surface area contributed by atoms with Crippen LogP contribution in [-0.4, -0.2) is 35.1 Å². The highest BCUT2D eigenvalue weighted by Gasteiger charge is 2.44. The SMILES string of the molecule is COC(=O)c1ccc2[nH]c(C(=O)NC(c3ccc(F)c(C(F)(F)F)c3)C(F)(F)F)cc2n1. The number of carbonyl (C=O) groups is 2. The van der Waals surface area contributed by atoms with Gasteiger partial charge >= 0.3 is 18.3 Å². The number of halogens is 7. The van der Waals surface area contributed by atoms with Crippen molar-refractivity contribution in [2.45, 2.75) is 18.4 Å². The lowest BCUT2D eigenvalue weighted by atomic mass is 10.0. The molecule has 2 heterocycles. The molecule has 0 spiro atoms. The zero-order chi connectivity index (χ0) is 23.8. The van der Waals surface area contributed by atoms with Crippen LogP contribution < -0.4 is 5.32 Å². The van der Waals surface area contributed by atoms with Crippen molar-refractivity contribution in [2.75, 3.05) is 7.11 Å². The first kappa shape index (κ1) is 23.0. The van der Waals surface area contributed by atoms with Crippen molar-refractivity contribution in [2.24, 2.45) is 0 Å². The van der Waals surface area contributed by atoms with Crippen LogP contribution in [0, 0.1) is 5.82 Å². The largest absolute Gasteiger partial charge is 0.464 e. The van der Waals surface area contributed by atoms with Gasteiger partial charge in [-0.3, -0.25) is 4.79 Å². The summed E-state index contributed by atoms with van der Waals surface area (Å²) in [6.07, 6.45) is -10.4. The number of hydrogen-bond donors (Lipinski definition) is 2. The number of benzene rings is 1. The molecule has 170 valence electrons. The average molecular weight is 463 g/mol. The number of hydrogen-bond acceptors (Lipinski definition) is 4. The topological polar surface area (TPSA) is 84.1 Å². The van der Waals surface area contributed by atoms with E-state index >= 15 is 0 Å².